The molecule has 0 aromatic rings. The highest BCUT2D eigenvalue weighted by Gasteiger charge is 2.44. The summed E-state index contributed by atoms with van der Waals surface area (Å²) in [7, 11) is 1.11. The summed E-state index contributed by atoms with van der Waals surface area (Å²) in [6.45, 7) is 5.79. The van der Waals surface area contributed by atoms with Gasteiger partial charge in [0.25, 0.3) is 0 Å². The van der Waals surface area contributed by atoms with Crippen LogP contribution in [0.4, 0.5) is 18.0 Å². The maximum atomic E-state index is 12.4. The number of rotatable bonds is 3. The number of ether oxygens (including phenoxy) is 1. The van der Waals surface area contributed by atoms with Gasteiger partial charge in [-0.05, 0) is 27.7 Å². The van der Waals surface area contributed by atoms with Crippen molar-refractivity contribution in [2.24, 2.45) is 0 Å². The molecule has 18 heavy (non-hydrogen) atoms. The van der Waals surface area contributed by atoms with E-state index in [4.69, 9.17) is 4.74 Å². The van der Waals surface area contributed by atoms with Crippen LogP contribution in [0.5, 0.6) is 0 Å². The molecule has 0 aromatic carbocycles. The number of aldehydes is 1. The first kappa shape index (κ1) is 16.7. The lowest BCUT2D eigenvalue weighted by atomic mass is 9.98. The molecule has 0 aliphatic heterocycles. The van der Waals surface area contributed by atoms with Crippen LogP contribution in [-0.4, -0.2) is 41.6 Å². The van der Waals surface area contributed by atoms with E-state index >= 15 is 0 Å². The minimum absolute atomic E-state index is 0.102. The molecular weight excluding hydrogens is 251 g/mol. The van der Waals surface area contributed by atoms with E-state index in [1.54, 1.807) is 20.8 Å². The first-order chi connectivity index (χ1) is 7.81. The minimum Gasteiger partial charge on any atom is -0.444 e. The fourth-order valence-corrected chi connectivity index (χ4v) is 1.18. The van der Waals surface area contributed by atoms with Gasteiger partial charge in [0, 0.05) is 7.05 Å². The van der Waals surface area contributed by atoms with Crippen LogP contribution in [0.1, 0.15) is 34.1 Å². The van der Waals surface area contributed by atoms with E-state index in [0.29, 0.717) is 4.90 Å². The summed E-state index contributed by atoms with van der Waals surface area (Å²) < 4.78 is 42.0. The molecule has 0 aromatic heterocycles. The van der Waals surface area contributed by atoms with Gasteiger partial charge in [-0.25, -0.2) is 4.79 Å². The number of halogens is 3. The van der Waals surface area contributed by atoms with Gasteiger partial charge < -0.3 is 9.53 Å². The van der Waals surface area contributed by atoms with Crippen LogP contribution < -0.4 is 0 Å². The Hall–Kier alpha value is -1.27. The van der Waals surface area contributed by atoms with Crippen LogP contribution in [0.3, 0.4) is 0 Å². The molecule has 0 fully saturated rings. The van der Waals surface area contributed by atoms with Gasteiger partial charge in [-0.3, -0.25) is 4.90 Å². The highest BCUT2D eigenvalue weighted by molar-refractivity contribution is 5.76. The molecule has 1 amide bonds. The van der Waals surface area contributed by atoms with Crippen molar-refractivity contribution in [3.8, 4) is 0 Å². The van der Waals surface area contributed by atoms with Gasteiger partial charge >= 0.3 is 12.3 Å². The number of hydrogen-bond donors (Lipinski definition) is 0. The molecule has 0 rings (SSSR count). The number of hydrogen-bond acceptors (Lipinski definition) is 3. The van der Waals surface area contributed by atoms with Gasteiger partial charge in [0.2, 0.25) is 0 Å². The van der Waals surface area contributed by atoms with Crippen molar-refractivity contribution in [1.82, 2.24) is 4.90 Å². The first-order valence-electron chi connectivity index (χ1n) is 5.31. The summed E-state index contributed by atoms with van der Waals surface area (Å²) >= 11 is 0. The molecule has 0 radical (unpaired) electrons. The minimum atomic E-state index is -4.55. The van der Waals surface area contributed by atoms with Gasteiger partial charge in [0.1, 0.15) is 17.4 Å². The lowest BCUT2D eigenvalue weighted by Gasteiger charge is -2.35. The molecular formula is C11H18F3NO3. The first-order valence-corrected chi connectivity index (χ1v) is 5.31. The van der Waals surface area contributed by atoms with E-state index < -0.39 is 29.8 Å². The van der Waals surface area contributed by atoms with E-state index in [1.165, 1.54) is 0 Å². The van der Waals surface area contributed by atoms with E-state index in [1.807, 2.05) is 0 Å². The quantitative estimate of drug-likeness (QED) is 0.740. The largest absolute Gasteiger partial charge is 0.444 e. The van der Waals surface area contributed by atoms with E-state index in [2.05, 4.69) is 0 Å². The van der Waals surface area contributed by atoms with Crippen LogP contribution in [0, 0.1) is 0 Å². The highest BCUT2D eigenvalue weighted by atomic mass is 19.4. The Morgan fingerprint density at radius 1 is 1.22 bits per heavy atom. The second-order valence-electron chi connectivity index (χ2n) is 5.31. The summed E-state index contributed by atoms with van der Waals surface area (Å²) in [5.41, 5.74) is -2.81. The van der Waals surface area contributed by atoms with Crippen molar-refractivity contribution in [3.63, 3.8) is 0 Å². The Balaban J connectivity index is 4.96. The van der Waals surface area contributed by atoms with Crippen LogP contribution in [-0.2, 0) is 9.53 Å². The molecule has 0 aliphatic rings. The molecule has 0 saturated heterocycles. The predicted octanol–water partition coefficient (Wildman–Crippen LogP) is 2.76. The fourth-order valence-electron chi connectivity index (χ4n) is 1.18. The molecule has 1 atom stereocenters. The van der Waals surface area contributed by atoms with Gasteiger partial charge in [-0.2, -0.15) is 13.2 Å². The normalized spacial score (nSPS) is 15.8. The van der Waals surface area contributed by atoms with E-state index in [0.717, 1.165) is 14.0 Å². The zero-order valence-electron chi connectivity index (χ0n) is 11.1. The van der Waals surface area contributed by atoms with Crippen molar-refractivity contribution < 1.29 is 27.5 Å². The zero-order chi connectivity index (χ0) is 14.8. The number of carbonyl (C=O) groups excluding carboxylic acids is 2. The third kappa shape index (κ3) is 5.37. The Kier molecular flexibility index (Phi) is 4.79. The van der Waals surface area contributed by atoms with E-state index in [9.17, 15) is 22.8 Å². The van der Waals surface area contributed by atoms with Gasteiger partial charge in [-0.1, -0.05) is 0 Å². The maximum absolute atomic E-state index is 12.4. The summed E-state index contributed by atoms with van der Waals surface area (Å²) in [6.07, 6.45) is -6.84. The molecule has 0 spiro atoms. The van der Waals surface area contributed by atoms with Gasteiger partial charge in [0.15, 0.2) is 0 Å². The number of nitrogens with zero attached hydrogens (tertiary/aromatic N) is 1. The van der Waals surface area contributed by atoms with Gasteiger partial charge in [0.05, 0.1) is 6.42 Å². The average molecular weight is 269 g/mol. The molecule has 0 N–H and O–H groups in total. The third-order valence-corrected chi connectivity index (χ3v) is 2.25. The molecule has 0 bridgehead atoms. The lowest BCUT2D eigenvalue weighted by Crippen LogP contribution is -2.52. The molecule has 106 valence electrons. The van der Waals surface area contributed by atoms with Gasteiger partial charge in [-0.15, -0.1) is 0 Å². The van der Waals surface area contributed by atoms with Crippen LogP contribution in [0.15, 0.2) is 0 Å². The zero-order valence-corrected chi connectivity index (χ0v) is 11.1. The average Bonchev–Trinajstić information content (AvgIpc) is 2.11. The predicted molar refractivity (Wildman–Crippen MR) is 59.1 cm³/mol. The Morgan fingerprint density at radius 2 is 1.67 bits per heavy atom. The Bertz CT molecular complexity index is 322. The highest BCUT2D eigenvalue weighted by Crippen LogP contribution is 2.30. The summed E-state index contributed by atoms with van der Waals surface area (Å²) in [5.74, 6) is 0. The van der Waals surface area contributed by atoms with Crippen LogP contribution in [0.25, 0.3) is 0 Å². The topological polar surface area (TPSA) is 46.6 Å². The Morgan fingerprint density at radius 3 is 1.94 bits per heavy atom. The summed E-state index contributed by atoms with van der Waals surface area (Å²) in [6, 6.07) is 0. The van der Waals surface area contributed by atoms with Crippen molar-refractivity contribution in [2.45, 2.75) is 51.4 Å². The van der Waals surface area contributed by atoms with Crippen molar-refractivity contribution in [2.75, 3.05) is 7.05 Å². The monoisotopic (exact) mass is 269 g/mol. The molecule has 4 nitrogen and oxygen atoms in total. The second-order valence-corrected chi connectivity index (χ2v) is 5.31. The van der Waals surface area contributed by atoms with Crippen LogP contribution >= 0.6 is 0 Å². The molecule has 7 heteroatoms. The fraction of sp³-hybridized carbons (Fsp3) is 0.818. The third-order valence-electron chi connectivity index (χ3n) is 2.25. The van der Waals surface area contributed by atoms with Crippen LogP contribution in [0.2, 0.25) is 0 Å². The molecule has 1 unspecified atom stereocenters. The smallest absolute Gasteiger partial charge is 0.410 e. The van der Waals surface area contributed by atoms with Crippen molar-refractivity contribution in [1.29, 1.82) is 0 Å². The number of carbonyl (C=O) groups is 2. The number of likely N-dealkylation sites (N-methyl/N-ethyl adjacent to an activating group) is 1. The summed E-state index contributed by atoms with van der Waals surface area (Å²) in [4.78, 5) is 23.2. The number of amides is 1. The molecule has 0 saturated carbocycles. The molecule has 0 heterocycles. The van der Waals surface area contributed by atoms with Crippen molar-refractivity contribution >= 4 is 12.4 Å². The molecule has 0 aliphatic carbocycles. The standard InChI is InChI=1S/C11H18F3NO3/c1-9(2,3)18-8(17)15(5)10(4,7-16)6-11(12,13)14/h7H,6H2,1-5H3. The maximum Gasteiger partial charge on any atom is 0.410 e. The lowest BCUT2D eigenvalue weighted by molar-refractivity contribution is -0.161. The SMILES string of the molecule is CN(C(=O)OC(C)(C)C)C(C)(C=O)CC(F)(F)F. The Labute approximate surface area is 104 Å². The van der Waals surface area contributed by atoms with E-state index in [-0.39, 0.29) is 6.29 Å². The second kappa shape index (κ2) is 5.16. The number of alkyl halides is 3. The summed E-state index contributed by atoms with van der Waals surface area (Å²) in [5, 5.41) is 0. The van der Waals surface area contributed by atoms with Crippen molar-refractivity contribution in [3.05, 3.63) is 0 Å².